The lowest BCUT2D eigenvalue weighted by atomic mass is 9.59. The van der Waals surface area contributed by atoms with Crippen molar-refractivity contribution in [2.75, 3.05) is 0 Å². The van der Waals surface area contributed by atoms with Crippen LogP contribution < -0.4 is 0 Å². The second kappa shape index (κ2) is 12.0. The van der Waals surface area contributed by atoms with Gasteiger partial charge in [0, 0.05) is 45.2 Å². The third-order valence-electron chi connectivity index (χ3n) is 18.1. The molecule has 0 aliphatic heterocycles. The van der Waals surface area contributed by atoms with Crippen LogP contribution in [0.5, 0.6) is 0 Å². The number of benzene rings is 10. The van der Waals surface area contributed by atoms with Gasteiger partial charge in [0.05, 0.1) is 45.2 Å². The predicted molar refractivity (Wildman–Crippen MR) is 276 cm³/mol. The van der Waals surface area contributed by atoms with E-state index in [4.69, 9.17) is 0 Å². The van der Waals surface area contributed by atoms with Crippen molar-refractivity contribution >= 4 is 38.1 Å². The maximum absolute atomic E-state index is 11.5. The Balaban J connectivity index is 1.11. The third-order valence-corrected chi connectivity index (χ3v) is 18.1. The summed E-state index contributed by atoms with van der Waals surface area (Å²) in [5.74, 6) is -0.262. The summed E-state index contributed by atoms with van der Waals surface area (Å²) in [7, 11) is 0. The monoisotopic (exact) mass is 881 g/mol. The van der Waals surface area contributed by atoms with Gasteiger partial charge in [-0.25, -0.2) is 0 Å². The van der Waals surface area contributed by atoms with Gasteiger partial charge in [-0.3, -0.25) is 0 Å². The SMILES string of the molecule is N#Cc1cc2c(c3c1C1c4ccccc4C3c3ccccc31)c1cc3c(c4c5c6c(c(C#N)cc5n2c14)C1c2ccccc2C6c2ccccc21)-c1ccccc1C31c2ccccc2-c2ccccc21. The van der Waals surface area contributed by atoms with E-state index in [0.717, 1.165) is 33.3 Å². The fourth-order valence-corrected chi connectivity index (χ4v) is 16.0. The van der Waals surface area contributed by atoms with E-state index >= 15 is 0 Å². The molecule has 10 aromatic carbocycles. The summed E-state index contributed by atoms with van der Waals surface area (Å²) < 4.78 is 2.50. The van der Waals surface area contributed by atoms with E-state index in [1.807, 2.05) is 0 Å². The fourth-order valence-electron chi connectivity index (χ4n) is 16.0. The molecule has 0 atom stereocenters. The van der Waals surface area contributed by atoms with Gasteiger partial charge >= 0.3 is 0 Å². The number of aromatic nitrogens is 1. The van der Waals surface area contributed by atoms with Crippen molar-refractivity contribution in [1.29, 1.82) is 10.5 Å². The summed E-state index contributed by atoms with van der Waals surface area (Å²) in [6.45, 7) is 0. The highest BCUT2D eigenvalue weighted by Crippen LogP contribution is 2.68. The van der Waals surface area contributed by atoms with Gasteiger partial charge in [0.25, 0.3) is 0 Å². The van der Waals surface area contributed by atoms with Crippen LogP contribution in [0.4, 0.5) is 0 Å². The highest BCUT2D eigenvalue weighted by Gasteiger charge is 2.54. The van der Waals surface area contributed by atoms with Gasteiger partial charge in [0.1, 0.15) is 0 Å². The van der Waals surface area contributed by atoms with Crippen LogP contribution in [0.15, 0.2) is 188 Å². The number of rotatable bonds is 0. The normalized spacial score (nSPS) is 18.9. The maximum Gasteiger partial charge on any atom is 0.0995 e. The number of fused-ring (bicyclic) bond motifs is 17. The topological polar surface area (TPSA) is 52.0 Å². The van der Waals surface area contributed by atoms with Crippen molar-refractivity contribution in [3.05, 3.63) is 288 Å². The molecule has 0 saturated heterocycles. The van der Waals surface area contributed by atoms with Crippen molar-refractivity contribution in [2.24, 2.45) is 0 Å². The fraction of sp³-hybridized carbons (Fsp3) is 0.0746. The summed E-state index contributed by atoms with van der Waals surface area (Å²) in [4.78, 5) is 0. The number of hydrogen-bond donors (Lipinski definition) is 0. The summed E-state index contributed by atoms with van der Waals surface area (Å²) in [6, 6.07) is 76.0. The molecule has 8 aliphatic rings. The molecule has 0 N–H and O–H groups in total. The first kappa shape index (κ1) is 36.1. The molecule has 0 amide bonds. The zero-order chi connectivity index (χ0) is 45.5. The van der Waals surface area contributed by atoms with Crippen LogP contribution in [0, 0.1) is 22.7 Å². The summed E-state index contributed by atoms with van der Waals surface area (Å²) >= 11 is 0. The maximum atomic E-state index is 11.5. The molecule has 0 unspecified atom stereocenters. The second-order valence-corrected chi connectivity index (χ2v) is 20.6. The standard InChI is InChI=1S/C67H35N3/c68-32-34-29-52-61(63-54(34)56-38-17-1-5-21-42(38)58(63)43-22-6-2-18-39(43)56)47-31-51-60(46-25-11-14-28-50(46)67(51)48-26-12-9-15-36(48)37-16-10-13-27-49(37)67)65-62-53(70(52)66(47)65)30-35(33-69)55-57-40-19-3-7-23-44(40)59(64(55)62)45-24-8-4-20-41(45)57/h1-31,56-59H. The number of nitriles is 2. The zero-order valence-corrected chi connectivity index (χ0v) is 37.5. The van der Waals surface area contributed by atoms with Gasteiger partial charge in [0.2, 0.25) is 0 Å². The van der Waals surface area contributed by atoms with E-state index in [1.54, 1.807) is 0 Å². The van der Waals surface area contributed by atoms with Crippen LogP contribution in [-0.4, -0.2) is 4.40 Å². The first-order chi connectivity index (χ1) is 34.7. The summed E-state index contributed by atoms with van der Waals surface area (Å²) in [5.41, 5.74) is 29.7. The minimum absolute atomic E-state index is 0.0566. The number of nitrogens with zero attached hydrogens (tertiary/aromatic N) is 3. The van der Waals surface area contributed by atoms with E-state index in [9.17, 15) is 10.5 Å². The molecule has 20 rings (SSSR count). The van der Waals surface area contributed by atoms with E-state index in [0.29, 0.717) is 0 Å². The Kier molecular flexibility index (Phi) is 6.17. The van der Waals surface area contributed by atoms with Crippen molar-refractivity contribution in [3.8, 4) is 34.4 Å². The lowest BCUT2D eigenvalue weighted by Crippen LogP contribution is -2.29. The minimum atomic E-state index is -0.587. The van der Waals surface area contributed by atoms with Gasteiger partial charge in [-0.15, -0.1) is 0 Å². The molecule has 0 saturated carbocycles. The Hall–Kier alpha value is -9.02. The quantitative estimate of drug-likeness (QED) is 0.152. The highest BCUT2D eigenvalue weighted by atomic mass is 14.9. The van der Waals surface area contributed by atoms with E-state index in [-0.39, 0.29) is 23.7 Å². The van der Waals surface area contributed by atoms with Crippen LogP contribution >= 0.6 is 0 Å². The van der Waals surface area contributed by atoms with Crippen molar-refractivity contribution in [1.82, 2.24) is 4.40 Å². The van der Waals surface area contributed by atoms with Crippen LogP contribution in [0.25, 0.3) is 60.3 Å². The van der Waals surface area contributed by atoms with E-state index < -0.39 is 5.41 Å². The molecule has 2 aromatic heterocycles. The summed E-state index contributed by atoms with van der Waals surface area (Å²) in [5, 5.41) is 27.9. The van der Waals surface area contributed by atoms with Gasteiger partial charge < -0.3 is 4.40 Å². The Labute approximate surface area is 402 Å². The third kappa shape index (κ3) is 3.68. The number of hydrogen-bond acceptors (Lipinski definition) is 2. The Morgan fingerprint density at radius 3 is 1.16 bits per heavy atom. The molecule has 8 aliphatic carbocycles. The van der Waals surface area contributed by atoms with Crippen molar-refractivity contribution in [3.63, 3.8) is 0 Å². The molecule has 2 heterocycles. The molecular weight excluding hydrogens is 847 g/mol. The first-order valence-electron chi connectivity index (χ1n) is 24.6. The lowest BCUT2D eigenvalue weighted by molar-refractivity contribution is 0.758. The largest absolute Gasteiger partial charge is 0.308 e. The van der Waals surface area contributed by atoms with Crippen LogP contribution in [0.3, 0.4) is 0 Å². The smallest absolute Gasteiger partial charge is 0.0995 e. The second-order valence-electron chi connectivity index (χ2n) is 20.6. The molecule has 0 fully saturated rings. The Morgan fingerprint density at radius 2 is 0.714 bits per heavy atom. The Morgan fingerprint density at radius 1 is 0.357 bits per heavy atom. The molecule has 3 heteroatoms. The molecule has 4 bridgehead atoms. The van der Waals surface area contributed by atoms with Crippen LogP contribution in [0.1, 0.15) is 124 Å². The molecule has 3 nitrogen and oxygen atoms in total. The molecule has 70 heavy (non-hydrogen) atoms. The van der Waals surface area contributed by atoms with Gasteiger partial charge in [-0.05, 0) is 129 Å². The van der Waals surface area contributed by atoms with Crippen molar-refractivity contribution in [2.45, 2.75) is 29.1 Å². The first-order valence-corrected chi connectivity index (χ1v) is 24.6. The van der Waals surface area contributed by atoms with Crippen LogP contribution in [0.2, 0.25) is 0 Å². The molecular formula is C67H35N3. The van der Waals surface area contributed by atoms with Crippen LogP contribution in [-0.2, 0) is 5.41 Å². The van der Waals surface area contributed by atoms with Gasteiger partial charge in [-0.2, -0.15) is 10.5 Å². The van der Waals surface area contributed by atoms with Crippen molar-refractivity contribution < 1.29 is 0 Å². The summed E-state index contributed by atoms with van der Waals surface area (Å²) in [6.07, 6.45) is 0. The van der Waals surface area contributed by atoms with Gasteiger partial charge in [0.15, 0.2) is 0 Å². The molecule has 0 radical (unpaired) electrons. The average molecular weight is 882 g/mol. The molecule has 12 aromatic rings. The molecule has 318 valence electrons. The average Bonchev–Trinajstić information content (AvgIpc) is 4.14. The van der Waals surface area contributed by atoms with E-state index in [1.165, 1.54) is 127 Å². The van der Waals surface area contributed by atoms with Gasteiger partial charge in [-0.1, -0.05) is 170 Å². The Bertz CT molecular complexity index is 4460. The van der Waals surface area contributed by atoms with E-state index in [2.05, 4.69) is 205 Å². The minimum Gasteiger partial charge on any atom is -0.308 e. The zero-order valence-electron chi connectivity index (χ0n) is 37.5. The lowest BCUT2D eigenvalue weighted by Gasteiger charge is -2.43. The predicted octanol–water partition coefficient (Wildman–Crippen LogP) is 14.9. The molecule has 1 spiro atoms. The highest BCUT2D eigenvalue weighted by molar-refractivity contribution is 6.31.